The number of hydrogen-bond donors (Lipinski definition) is 5. The molecule has 0 radical (unpaired) electrons. The van der Waals surface area contributed by atoms with Crippen LogP contribution in [0.15, 0.2) is 0 Å². The Kier molecular flexibility index (Phi) is 6.88. The van der Waals surface area contributed by atoms with E-state index in [0.717, 1.165) is 6.92 Å². The molecule has 0 aliphatic carbocycles. The van der Waals surface area contributed by atoms with Gasteiger partial charge in [0.05, 0.1) is 0 Å². The average molecular weight is 167 g/mol. The highest BCUT2D eigenvalue weighted by Crippen LogP contribution is 1.97. The highest BCUT2D eigenvalue weighted by atomic mass is 16.4. The molecule has 11 heavy (non-hydrogen) atoms. The van der Waals surface area contributed by atoms with Gasteiger partial charge in [-0.3, -0.25) is 0 Å². The topological polar surface area (TPSA) is 171 Å². The zero-order valence-electron chi connectivity index (χ0n) is 6.20. The number of carbonyl (C=O) groups is 2. The minimum absolute atomic E-state index is 0. The third-order valence-electron chi connectivity index (χ3n) is 0.889. The lowest BCUT2D eigenvalue weighted by atomic mass is 10.1. The second kappa shape index (κ2) is 4.61. The highest BCUT2D eigenvalue weighted by molar-refractivity contribution is 6.02. The Balaban J connectivity index is -0.000000320. The van der Waals surface area contributed by atoms with E-state index in [0.29, 0.717) is 0 Å². The van der Waals surface area contributed by atoms with E-state index in [1.807, 2.05) is 0 Å². The zero-order chi connectivity index (χ0) is 7.65. The molecular formula is C4H13N3O4. The Morgan fingerprint density at radius 2 is 1.36 bits per heavy atom. The first-order valence-corrected chi connectivity index (χ1v) is 2.14. The molecule has 0 fully saturated rings. The van der Waals surface area contributed by atoms with Crippen LogP contribution in [0.25, 0.3) is 0 Å². The summed E-state index contributed by atoms with van der Waals surface area (Å²) in [5.74, 6) is -3.09. The van der Waals surface area contributed by atoms with Crippen molar-refractivity contribution in [1.29, 1.82) is 0 Å². The van der Waals surface area contributed by atoms with E-state index >= 15 is 0 Å². The second-order valence-corrected chi connectivity index (χ2v) is 1.81. The number of carboxylic acids is 2. The Bertz CT molecular complexity index is 139. The van der Waals surface area contributed by atoms with Crippen LogP contribution in [0.5, 0.6) is 0 Å². The molecule has 0 atom stereocenters. The molecule has 10 N–H and O–H groups in total. The summed E-state index contributed by atoms with van der Waals surface area (Å²) in [5, 5.41) is 16.2. The Morgan fingerprint density at radius 3 is 1.36 bits per heavy atom. The van der Waals surface area contributed by atoms with E-state index in [9.17, 15) is 9.59 Å². The van der Waals surface area contributed by atoms with Gasteiger partial charge in [0.1, 0.15) is 0 Å². The maximum atomic E-state index is 9.96. The first kappa shape index (κ1) is 16.4. The van der Waals surface area contributed by atoms with Gasteiger partial charge in [-0.25, -0.2) is 9.59 Å². The first-order chi connectivity index (χ1) is 3.89. The fourth-order valence-electron chi connectivity index (χ4n) is 0.0915. The van der Waals surface area contributed by atoms with Crippen molar-refractivity contribution >= 4 is 11.9 Å². The first-order valence-electron chi connectivity index (χ1n) is 2.14. The third kappa shape index (κ3) is 3.50. The van der Waals surface area contributed by atoms with E-state index in [4.69, 9.17) is 15.9 Å². The molecule has 0 unspecified atom stereocenters. The summed E-state index contributed by atoms with van der Waals surface area (Å²) in [5.41, 5.74) is 2.64. The van der Waals surface area contributed by atoms with Gasteiger partial charge in [-0.05, 0) is 6.92 Å². The molecule has 0 rings (SSSR count). The molecule has 0 saturated heterocycles. The molecule has 0 aromatic rings. The number of hydrogen-bond acceptors (Lipinski definition) is 5. The van der Waals surface area contributed by atoms with Crippen LogP contribution >= 0.6 is 0 Å². The molecule has 0 spiro atoms. The molecule has 7 heteroatoms. The summed E-state index contributed by atoms with van der Waals surface area (Å²) in [6.45, 7) is 0.914. The standard InChI is InChI=1S/C4H7NO4.2H3N/c1-4(5,2(6)7)3(8)9;;/h5H2,1H3,(H,6,7)(H,8,9);2*1H3. The predicted octanol–water partition coefficient (Wildman–Crippen LogP) is -0.803. The fourth-order valence-corrected chi connectivity index (χ4v) is 0.0915. The van der Waals surface area contributed by atoms with E-state index in [1.54, 1.807) is 0 Å². The normalized spacial score (nSPS) is 8.91. The summed E-state index contributed by atoms with van der Waals surface area (Å²) in [4.78, 5) is 19.9. The monoisotopic (exact) mass is 167 g/mol. The van der Waals surface area contributed by atoms with Crippen molar-refractivity contribution in [3.05, 3.63) is 0 Å². The molecule has 0 saturated carbocycles. The van der Waals surface area contributed by atoms with E-state index < -0.39 is 17.5 Å². The maximum absolute atomic E-state index is 9.96. The minimum Gasteiger partial charge on any atom is -0.479 e. The molecule has 0 amide bonds. The van der Waals surface area contributed by atoms with Crippen molar-refractivity contribution in [2.45, 2.75) is 12.5 Å². The van der Waals surface area contributed by atoms with E-state index in [1.165, 1.54) is 0 Å². The van der Waals surface area contributed by atoms with Gasteiger partial charge in [0.2, 0.25) is 5.54 Å². The highest BCUT2D eigenvalue weighted by Gasteiger charge is 2.36. The largest absolute Gasteiger partial charge is 0.479 e. The van der Waals surface area contributed by atoms with Crippen LogP contribution < -0.4 is 18.0 Å². The molecule has 0 aromatic carbocycles. The average Bonchev–Trinajstić information content (AvgIpc) is 1.65. The number of aliphatic carboxylic acids is 2. The third-order valence-corrected chi connectivity index (χ3v) is 0.889. The van der Waals surface area contributed by atoms with Crippen molar-refractivity contribution in [2.75, 3.05) is 0 Å². The van der Waals surface area contributed by atoms with Crippen LogP contribution in [0, 0.1) is 0 Å². The van der Waals surface area contributed by atoms with Gasteiger partial charge >= 0.3 is 11.9 Å². The fraction of sp³-hybridized carbons (Fsp3) is 0.500. The van der Waals surface area contributed by atoms with Gasteiger partial charge in [0, 0.05) is 0 Å². The van der Waals surface area contributed by atoms with E-state index in [-0.39, 0.29) is 12.3 Å². The molecule has 68 valence electrons. The molecule has 0 aromatic heterocycles. The molecule has 0 aliphatic rings. The molecule has 0 aliphatic heterocycles. The van der Waals surface area contributed by atoms with Gasteiger partial charge in [-0.1, -0.05) is 0 Å². The lowest BCUT2D eigenvalue weighted by molar-refractivity contribution is -0.155. The van der Waals surface area contributed by atoms with Gasteiger partial charge in [-0.2, -0.15) is 0 Å². The van der Waals surface area contributed by atoms with Crippen LogP contribution in [0.4, 0.5) is 0 Å². The number of rotatable bonds is 2. The SMILES string of the molecule is CC(N)(C(=O)O)C(=O)O.N.N. The lowest BCUT2D eigenvalue weighted by Crippen LogP contribution is -2.52. The number of carboxylic acid groups (broad SMARTS) is 2. The van der Waals surface area contributed by atoms with Gasteiger partial charge in [-0.15, -0.1) is 0 Å². The smallest absolute Gasteiger partial charge is 0.335 e. The maximum Gasteiger partial charge on any atom is 0.335 e. The van der Waals surface area contributed by atoms with Crippen molar-refractivity contribution < 1.29 is 19.8 Å². The van der Waals surface area contributed by atoms with Crippen LogP contribution in [-0.4, -0.2) is 27.7 Å². The van der Waals surface area contributed by atoms with Gasteiger partial charge in [0.25, 0.3) is 0 Å². The van der Waals surface area contributed by atoms with Crippen LogP contribution in [-0.2, 0) is 9.59 Å². The summed E-state index contributed by atoms with van der Waals surface area (Å²) in [7, 11) is 0. The van der Waals surface area contributed by atoms with E-state index in [2.05, 4.69) is 0 Å². The quantitative estimate of drug-likeness (QED) is 0.335. The molecule has 0 heterocycles. The summed E-state index contributed by atoms with van der Waals surface area (Å²) >= 11 is 0. The van der Waals surface area contributed by atoms with Gasteiger partial charge < -0.3 is 28.2 Å². The zero-order valence-corrected chi connectivity index (χ0v) is 6.20. The Hall–Kier alpha value is -1.18. The minimum atomic E-state index is -2.17. The van der Waals surface area contributed by atoms with Crippen molar-refractivity contribution in [3.8, 4) is 0 Å². The Morgan fingerprint density at radius 1 is 1.18 bits per heavy atom. The van der Waals surface area contributed by atoms with Crippen molar-refractivity contribution in [3.63, 3.8) is 0 Å². The van der Waals surface area contributed by atoms with Crippen LogP contribution in [0.2, 0.25) is 0 Å². The van der Waals surface area contributed by atoms with Crippen LogP contribution in [0.1, 0.15) is 6.92 Å². The predicted molar refractivity (Wildman–Crippen MR) is 37.9 cm³/mol. The lowest BCUT2D eigenvalue weighted by Gasteiger charge is -2.11. The molecule has 7 nitrogen and oxygen atoms in total. The summed E-state index contributed by atoms with van der Waals surface area (Å²) in [6, 6.07) is 0. The van der Waals surface area contributed by atoms with Crippen molar-refractivity contribution in [2.24, 2.45) is 5.73 Å². The summed E-state index contributed by atoms with van der Waals surface area (Å²) < 4.78 is 0. The summed E-state index contributed by atoms with van der Waals surface area (Å²) in [6.07, 6.45) is 0. The van der Waals surface area contributed by atoms with Crippen molar-refractivity contribution in [1.82, 2.24) is 12.3 Å². The van der Waals surface area contributed by atoms with Crippen LogP contribution in [0.3, 0.4) is 0 Å². The molecule has 0 bridgehead atoms. The molecular weight excluding hydrogens is 154 g/mol. The number of nitrogens with two attached hydrogens (primary N) is 1. The second-order valence-electron chi connectivity index (χ2n) is 1.81. The Labute approximate surface area is 63.4 Å². The van der Waals surface area contributed by atoms with Gasteiger partial charge in [0.15, 0.2) is 0 Å².